The van der Waals surface area contributed by atoms with Gasteiger partial charge in [0.1, 0.15) is 17.8 Å². The van der Waals surface area contributed by atoms with E-state index in [1.54, 1.807) is 18.0 Å². The molecule has 1 saturated heterocycles. The van der Waals surface area contributed by atoms with Gasteiger partial charge in [-0.1, -0.05) is 29.8 Å². The number of aromatic nitrogens is 2. The SMILES string of the molecule is CC(F)c1ccc(SN2CCN(Cc3nc(NCCCN(C)C)c4ccccc4n3)CC2)c(Cl)c1.CF. The van der Waals surface area contributed by atoms with E-state index in [9.17, 15) is 8.78 Å². The van der Waals surface area contributed by atoms with Gasteiger partial charge in [0.05, 0.1) is 24.3 Å². The van der Waals surface area contributed by atoms with Gasteiger partial charge in [0.2, 0.25) is 0 Å². The van der Waals surface area contributed by atoms with Crippen LogP contribution in [0.25, 0.3) is 10.9 Å². The van der Waals surface area contributed by atoms with E-state index in [0.29, 0.717) is 17.8 Å². The highest BCUT2D eigenvalue weighted by atomic mass is 35.5. The molecule has 2 heterocycles. The maximum absolute atomic E-state index is 13.5. The zero-order valence-corrected chi connectivity index (χ0v) is 23.6. The largest absolute Gasteiger partial charge is 0.369 e. The van der Waals surface area contributed by atoms with Crippen LogP contribution >= 0.6 is 23.5 Å². The first-order valence-corrected chi connectivity index (χ1v) is 13.6. The molecule has 1 atom stereocenters. The summed E-state index contributed by atoms with van der Waals surface area (Å²) in [5.41, 5.74) is 1.59. The summed E-state index contributed by atoms with van der Waals surface area (Å²) in [5, 5.41) is 5.20. The molecule has 0 bridgehead atoms. The number of rotatable bonds is 10. The quantitative estimate of drug-likeness (QED) is 0.242. The summed E-state index contributed by atoms with van der Waals surface area (Å²) in [6.07, 6.45) is 0.0426. The Morgan fingerprint density at radius 2 is 1.81 bits per heavy atom. The van der Waals surface area contributed by atoms with Crippen molar-refractivity contribution < 1.29 is 8.78 Å². The second-order valence-corrected chi connectivity index (χ2v) is 10.7. The summed E-state index contributed by atoms with van der Waals surface area (Å²) in [4.78, 5) is 15.3. The predicted octanol–water partition coefficient (Wildman–Crippen LogP) is 6.09. The van der Waals surface area contributed by atoms with Gasteiger partial charge in [-0.05, 0) is 75.8 Å². The molecule has 10 heteroatoms. The normalized spacial score (nSPS) is 15.5. The van der Waals surface area contributed by atoms with Gasteiger partial charge >= 0.3 is 0 Å². The number of hydrogen-bond donors (Lipinski definition) is 1. The molecule has 4 rings (SSSR count). The molecule has 1 unspecified atom stereocenters. The Kier molecular flexibility index (Phi) is 11.8. The van der Waals surface area contributed by atoms with Gasteiger partial charge in [0.15, 0.2) is 0 Å². The van der Waals surface area contributed by atoms with Gasteiger partial charge in [-0.2, -0.15) is 0 Å². The Labute approximate surface area is 228 Å². The van der Waals surface area contributed by atoms with Gasteiger partial charge in [-0.15, -0.1) is 0 Å². The molecule has 202 valence electrons. The van der Waals surface area contributed by atoms with Crippen LogP contribution in [0, 0.1) is 0 Å². The molecule has 37 heavy (non-hydrogen) atoms. The first-order valence-electron chi connectivity index (χ1n) is 12.5. The smallest absolute Gasteiger partial charge is 0.145 e. The summed E-state index contributed by atoms with van der Waals surface area (Å²) in [5.74, 6) is 1.76. The summed E-state index contributed by atoms with van der Waals surface area (Å²) in [7, 11) is 4.68. The standard InChI is InChI=1S/C26H34ClFN6S.CH3F/c1-19(28)20-9-10-24(22(27)17-20)35-34-15-13-33(14-16-34)18-25-30-23-8-5-4-7-21(23)26(31-25)29-11-6-12-32(2)3;1-2/h4-5,7-10,17,19H,6,11-16,18H2,1-3H3,(H,29,30,31);1H3. The third-order valence-electron chi connectivity index (χ3n) is 6.06. The fraction of sp³-hybridized carbons (Fsp3) is 0.481. The third-order valence-corrected chi connectivity index (χ3v) is 7.66. The van der Waals surface area contributed by atoms with E-state index < -0.39 is 6.17 Å². The van der Waals surface area contributed by atoms with Crippen LogP contribution in [-0.2, 0) is 6.54 Å². The van der Waals surface area contributed by atoms with E-state index in [-0.39, 0.29) is 0 Å². The average Bonchev–Trinajstić information content (AvgIpc) is 2.89. The molecule has 0 saturated carbocycles. The highest BCUT2D eigenvalue weighted by Crippen LogP contribution is 2.33. The summed E-state index contributed by atoms with van der Waals surface area (Å²) in [6, 6.07) is 13.7. The Bertz CT molecular complexity index is 1130. The highest BCUT2D eigenvalue weighted by Gasteiger charge is 2.20. The van der Waals surface area contributed by atoms with Crippen molar-refractivity contribution in [1.82, 2.24) is 24.1 Å². The topological polar surface area (TPSA) is 47.5 Å². The average molecular weight is 551 g/mol. The van der Waals surface area contributed by atoms with Crippen LogP contribution in [-0.4, -0.2) is 84.6 Å². The Morgan fingerprint density at radius 3 is 2.49 bits per heavy atom. The lowest BCUT2D eigenvalue weighted by Crippen LogP contribution is -2.43. The van der Waals surface area contributed by atoms with Crippen LogP contribution in [0.5, 0.6) is 0 Å². The Morgan fingerprint density at radius 1 is 1.08 bits per heavy atom. The van der Waals surface area contributed by atoms with Crippen molar-refractivity contribution in [1.29, 1.82) is 0 Å². The summed E-state index contributed by atoms with van der Waals surface area (Å²) in [6.45, 7) is 7.83. The minimum absolute atomic E-state index is 0.500. The number of piperazine rings is 1. The third kappa shape index (κ3) is 8.75. The van der Waals surface area contributed by atoms with E-state index in [1.807, 2.05) is 24.3 Å². The van der Waals surface area contributed by atoms with Crippen molar-refractivity contribution in [3.63, 3.8) is 0 Å². The first kappa shape index (κ1) is 29.5. The van der Waals surface area contributed by atoms with Crippen molar-refractivity contribution in [3.8, 4) is 0 Å². The zero-order chi connectivity index (χ0) is 26.8. The number of benzene rings is 2. The lowest BCUT2D eigenvalue weighted by atomic mass is 10.1. The highest BCUT2D eigenvalue weighted by molar-refractivity contribution is 7.97. The molecule has 0 spiro atoms. The minimum Gasteiger partial charge on any atom is -0.369 e. The maximum atomic E-state index is 13.5. The monoisotopic (exact) mass is 550 g/mol. The van der Waals surface area contributed by atoms with Crippen LogP contribution in [0.15, 0.2) is 47.4 Å². The lowest BCUT2D eigenvalue weighted by Gasteiger charge is -2.33. The molecule has 3 aromatic rings. The van der Waals surface area contributed by atoms with Gasteiger partial charge in [-0.3, -0.25) is 9.29 Å². The van der Waals surface area contributed by atoms with Crippen LogP contribution in [0.2, 0.25) is 5.02 Å². The maximum Gasteiger partial charge on any atom is 0.145 e. The molecule has 0 aliphatic carbocycles. The molecule has 1 N–H and O–H groups in total. The number of halogens is 3. The lowest BCUT2D eigenvalue weighted by molar-refractivity contribution is 0.185. The van der Waals surface area contributed by atoms with Crippen LogP contribution < -0.4 is 5.32 Å². The van der Waals surface area contributed by atoms with E-state index in [1.165, 1.54) is 6.92 Å². The Balaban J connectivity index is 0.00000186. The zero-order valence-electron chi connectivity index (χ0n) is 22.1. The number of alkyl halides is 2. The summed E-state index contributed by atoms with van der Waals surface area (Å²) < 4.78 is 25.4. The number of hydrogen-bond acceptors (Lipinski definition) is 7. The second-order valence-electron chi connectivity index (χ2n) is 9.19. The number of anilines is 1. The van der Waals surface area contributed by atoms with E-state index in [2.05, 4.69) is 45.6 Å². The number of para-hydroxylation sites is 1. The fourth-order valence-electron chi connectivity index (χ4n) is 4.09. The van der Waals surface area contributed by atoms with Crippen molar-refractivity contribution in [3.05, 3.63) is 58.9 Å². The van der Waals surface area contributed by atoms with E-state index in [4.69, 9.17) is 21.6 Å². The van der Waals surface area contributed by atoms with Gasteiger partial charge < -0.3 is 10.2 Å². The van der Waals surface area contributed by atoms with Crippen molar-refractivity contribution >= 4 is 40.3 Å². The van der Waals surface area contributed by atoms with Gasteiger partial charge in [0.25, 0.3) is 0 Å². The fourth-order valence-corrected chi connectivity index (χ4v) is 5.28. The van der Waals surface area contributed by atoms with Crippen molar-refractivity contribution in [2.45, 2.75) is 31.0 Å². The molecule has 0 radical (unpaired) electrons. The second kappa shape index (κ2) is 14.8. The number of fused-ring (bicyclic) bond motifs is 1. The molecule has 6 nitrogen and oxygen atoms in total. The molecular weight excluding hydrogens is 514 g/mol. The molecule has 0 amide bonds. The molecule has 1 aromatic heterocycles. The molecule has 2 aromatic carbocycles. The summed E-state index contributed by atoms with van der Waals surface area (Å²) >= 11 is 8.05. The number of nitrogens with zero attached hydrogens (tertiary/aromatic N) is 5. The predicted molar refractivity (Wildman–Crippen MR) is 152 cm³/mol. The number of nitrogens with one attached hydrogen (secondary N) is 1. The van der Waals surface area contributed by atoms with E-state index >= 15 is 0 Å². The Hall–Kier alpha value is -2.04. The van der Waals surface area contributed by atoms with E-state index in [0.717, 1.165) is 79.7 Å². The van der Waals surface area contributed by atoms with Gasteiger partial charge in [-0.25, -0.2) is 18.7 Å². The van der Waals surface area contributed by atoms with Gasteiger partial charge in [0, 0.05) is 43.0 Å². The molecule has 1 aliphatic rings. The molecule has 1 aliphatic heterocycles. The van der Waals surface area contributed by atoms with Crippen molar-refractivity contribution in [2.75, 3.05) is 65.9 Å². The van der Waals surface area contributed by atoms with Crippen LogP contribution in [0.4, 0.5) is 14.6 Å². The molecule has 1 fully saturated rings. The minimum atomic E-state index is -1.01. The van der Waals surface area contributed by atoms with Crippen LogP contribution in [0.3, 0.4) is 0 Å². The van der Waals surface area contributed by atoms with Crippen molar-refractivity contribution in [2.24, 2.45) is 0 Å². The molecular formula is C27H37ClF2N6S. The first-order chi connectivity index (χ1) is 17.9. The van der Waals surface area contributed by atoms with Crippen LogP contribution in [0.1, 0.15) is 30.9 Å².